The maximum absolute atomic E-state index is 7.09. The Hall–Kier alpha value is -7.55. The topological polar surface area (TPSA) is 73.4 Å². The highest BCUT2D eigenvalue weighted by atomic mass is 16.3. The van der Waals surface area contributed by atoms with Crippen LogP contribution in [0, 0.1) is 53.4 Å². The molecule has 9 aromatic rings. The van der Waals surface area contributed by atoms with Gasteiger partial charge in [0, 0.05) is 33.3 Å². The molecule has 1 aliphatic rings. The third-order valence-electron chi connectivity index (χ3n) is 11.6. The van der Waals surface area contributed by atoms with Crippen LogP contribution in [-0.2, 0) is 0 Å². The minimum Gasteiger partial charge on any atom is -0.456 e. The highest BCUT2D eigenvalue weighted by molar-refractivity contribution is 6.00. The second-order valence-electron chi connectivity index (χ2n) is 16.1. The summed E-state index contributed by atoms with van der Waals surface area (Å²) in [5.74, 6) is 6.62. The van der Waals surface area contributed by atoms with Gasteiger partial charge in [-0.05, 0) is 165 Å². The molecule has 10 rings (SSSR count). The third-order valence-corrected chi connectivity index (χ3v) is 11.6. The van der Waals surface area contributed by atoms with Gasteiger partial charge < -0.3 is 19.4 Å². The molecule has 0 atom stereocenters. The monoisotopic (exact) mass is 776 g/mol. The summed E-state index contributed by atoms with van der Waals surface area (Å²) < 4.78 is 7.09. The summed E-state index contributed by atoms with van der Waals surface area (Å²) in [5.41, 5.74) is 24.7. The summed E-state index contributed by atoms with van der Waals surface area (Å²) in [5, 5.41) is 0. The zero-order valence-corrected chi connectivity index (χ0v) is 34.6. The zero-order valence-electron chi connectivity index (χ0n) is 34.6. The average molecular weight is 777 g/mol. The SMILES string of the molecule is Cc1cc(C)c(-c2c3ccc([nH]3)c3nc(c(-c4ccc(C#Cc5ccccc5)cc4)c4ccc([nH]4)c4ccc([nH]4)c(-c4c(C)cc(C)cc4C)c4ccc2o4)C=C3)c(C)c1. The second-order valence-corrected chi connectivity index (χ2v) is 16.1. The first-order valence-electron chi connectivity index (χ1n) is 20.5. The summed E-state index contributed by atoms with van der Waals surface area (Å²) in [6, 6.07) is 44.7. The van der Waals surface area contributed by atoms with Crippen molar-refractivity contribution < 1.29 is 4.42 Å². The molecule has 3 N–H and O–H groups in total. The van der Waals surface area contributed by atoms with Crippen molar-refractivity contribution in [1.82, 2.24) is 19.9 Å². The largest absolute Gasteiger partial charge is 0.456 e. The van der Waals surface area contributed by atoms with Gasteiger partial charge in [0.05, 0.1) is 39.0 Å². The van der Waals surface area contributed by atoms with Crippen molar-refractivity contribution >= 4 is 56.4 Å². The molecule has 5 heteroatoms. The molecule has 290 valence electrons. The number of aromatic nitrogens is 4. The molecule has 10 bridgehead atoms. The number of aromatic amines is 3. The van der Waals surface area contributed by atoms with Gasteiger partial charge >= 0.3 is 0 Å². The average Bonchev–Trinajstić information content (AvgIpc) is 4.08. The van der Waals surface area contributed by atoms with Gasteiger partial charge in [-0.25, -0.2) is 4.98 Å². The van der Waals surface area contributed by atoms with E-state index in [1.54, 1.807) is 0 Å². The molecule has 0 aliphatic carbocycles. The Kier molecular flexibility index (Phi) is 9.00. The van der Waals surface area contributed by atoms with Gasteiger partial charge in [0.15, 0.2) is 0 Å². The molecule has 4 aromatic carbocycles. The summed E-state index contributed by atoms with van der Waals surface area (Å²) in [7, 11) is 0. The molecule has 0 fully saturated rings. The highest BCUT2D eigenvalue weighted by Crippen LogP contribution is 2.40. The quantitative estimate of drug-likeness (QED) is 0.156. The van der Waals surface area contributed by atoms with Crippen LogP contribution in [0.4, 0.5) is 0 Å². The minimum absolute atomic E-state index is 0.791. The van der Waals surface area contributed by atoms with E-state index in [1.807, 2.05) is 30.3 Å². The number of furan rings is 1. The number of nitrogens with one attached hydrogen (secondary N) is 3. The van der Waals surface area contributed by atoms with Crippen molar-refractivity contribution in [2.75, 3.05) is 0 Å². The molecular formula is C55H44N4O. The fraction of sp³-hybridized carbons (Fsp3) is 0.109. The van der Waals surface area contributed by atoms with Crippen LogP contribution in [-0.4, -0.2) is 19.9 Å². The minimum atomic E-state index is 0.791. The number of rotatable bonds is 3. The number of hydrogen-bond acceptors (Lipinski definition) is 2. The van der Waals surface area contributed by atoms with Crippen molar-refractivity contribution in [1.29, 1.82) is 0 Å². The van der Waals surface area contributed by atoms with Gasteiger partial charge in [-0.2, -0.15) is 0 Å². The number of hydrogen-bond donors (Lipinski definition) is 3. The van der Waals surface area contributed by atoms with Crippen LogP contribution in [0.5, 0.6) is 0 Å². The molecule has 60 heavy (non-hydrogen) atoms. The first kappa shape index (κ1) is 36.8. The molecule has 0 unspecified atom stereocenters. The molecule has 5 aromatic heterocycles. The molecule has 0 spiro atoms. The smallest absolute Gasteiger partial charge is 0.137 e. The van der Waals surface area contributed by atoms with Gasteiger partial charge in [-0.1, -0.05) is 77.6 Å². The predicted molar refractivity (Wildman–Crippen MR) is 251 cm³/mol. The lowest BCUT2D eigenvalue weighted by Gasteiger charge is -2.13. The Morgan fingerprint density at radius 2 is 0.833 bits per heavy atom. The van der Waals surface area contributed by atoms with E-state index in [-0.39, 0.29) is 0 Å². The molecule has 6 heterocycles. The summed E-state index contributed by atoms with van der Waals surface area (Å²) >= 11 is 0. The Balaban J connectivity index is 1.29. The maximum Gasteiger partial charge on any atom is 0.137 e. The van der Waals surface area contributed by atoms with Crippen LogP contribution >= 0.6 is 0 Å². The zero-order chi connectivity index (χ0) is 41.1. The summed E-state index contributed by atoms with van der Waals surface area (Å²) in [6.45, 7) is 13.1. The number of fused-ring (bicyclic) bond motifs is 12. The number of nitrogens with zero attached hydrogens (tertiary/aromatic N) is 1. The van der Waals surface area contributed by atoms with Crippen LogP contribution in [0.25, 0.3) is 89.8 Å². The standard InChI is InChI=1S/C55H44N4O/c1-32-28-34(3)51(35(4)29-32)54-47-24-20-43(58-47)41-18-22-45(56-41)53(40-16-14-39(15-17-40)13-12-38-10-8-7-9-11-38)46-23-19-42(57-46)44-21-25-48(59-44)55(50-27-26-49(54)60-50)52-36(5)30-33(2)31-37(52)6/h7-11,14-31,56,58-59H,1-6H3. The molecule has 0 radical (unpaired) electrons. The number of benzene rings is 4. The second kappa shape index (κ2) is 14.7. The van der Waals surface area contributed by atoms with Gasteiger partial charge in [-0.3, -0.25) is 0 Å². The van der Waals surface area contributed by atoms with E-state index in [2.05, 4.69) is 178 Å². The Labute approximate surface area is 349 Å². The summed E-state index contributed by atoms with van der Waals surface area (Å²) in [4.78, 5) is 16.6. The van der Waals surface area contributed by atoms with Crippen molar-refractivity contribution in [2.45, 2.75) is 41.5 Å². The van der Waals surface area contributed by atoms with Crippen molar-refractivity contribution in [3.63, 3.8) is 0 Å². The van der Waals surface area contributed by atoms with Gasteiger partial charge in [0.2, 0.25) is 0 Å². The van der Waals surface area contributed by atoms with Crippen molar-refractivity contribution in [2.24, 2.45) is 0 Å². The lowest BCUT2D eigenvalue weighted by atomic mass is 9.93. The first-order chi connectivity index (χ1) is 29.2. The normalized spacial score (nSPS) is 11.6. The third kappa shape index (κ3) is 6.63. The summed E-state index contributed by atoms with van der Waals surface area (Å²) in [6.07, 6.45) is 4.21. The lowest BCUT2D eigenvalue weighted by molar-refractivity contribution is 0.668. The predicted octanol–water partition coefficient (Wildman–Crippen LogP) is 14.3. The molecular weight excluding hydrogens is 733 g/mol. The molecule has 0 amide bonds. The van der Waals surface area contributed by atoms with E-state index in [0.717, 1.165) is 100 Å². The Morgan fingerprint density at radius 3 is 1.37 bits per heavy atom. The molecule has 5 nitrogen and oxygen atoms in total. The maximum atomic E-state index is 7.09. The van der Waals surface area contributed by atoms with Crippen molar-refractivity contribution in [3.8, 4) is 45.2 Å². The van der Waals surface area contributed by atoms with Crippen LogP contribution in [0.2, 0.25) is 0 Å². The van der Waals surface area contributed by atoms with E-state index in [9.17, 15) is 0 Å². The Bertz CT molecular complexity index is 3380. The Morgan fingerprint density at radius 1 is 0.400 bits per heavy atom. The first-order valence-corrected chi connectivity index (χ1v) is 20.5. The fourth-order valence-electron chi connectivity index (χ4n) is 9.10. The van der Waals surface area contributed by atoms with Gasteiger partial charge in [-0.15, -0.1) is 0 Å². The number of aryl methyl sites for hydroxylation is 6. The highest BCUT2D eigenvalue weighted by Gasteiger charge is 2.19. The van der Waals surface area contributed by atoms with E-state index >= 15 is 0 Å². The van der Waals surface area contributed by atoms with E-state index in [0.29, 0.717) is 0 Å². The van der Waals surface area contributed by atoms with E-state index in [1.165, 1.54) is 33.4 Å². The van der Waals surface area contributed by atoms with Crippen LogP contribution < -0.4 is 0 Å². The molecule has 1 aliphatic heterocycles. The van der Waals surface area contributed by atoms with Gasteiger partial charge in [0.1, 0.15) is 11.2 Å². The molecule has 0 saturated carbocycles. The van der Waals surface area contributed by atoms with Crippen LogP contribution in [0.3, 0.4) is 0 Å². The molecule has 0 saturated heterocycles. The number of H-pyrrole nitrogens is 3. The lowest BCUT2D eigenvalue weighted by Crippen LogP contribution is -1.91. The van der Waals surface area contributed by atoms with E-state index in [4.69, 9.17) is 9.40 Å². The van der Waals surface area contributed by atoms with Crippen LogP contribution in [0.15, 0.2) is 132 Å². The van der Waals surface area contributed by atoms with E-state index < -0.39 is 0 Å². The van der Waals surface area contributed by atoms with Crippen molar-refractivity contribution in [3.05, 3.63) is 183 Å². The fourth-order valence-corrected chi connectivity index (χ4v) is 9.10. The van der Waals surface area contributed by atoms with Crippen LogP contribution in [0.1, 0.15) is 55.9 Å². The van der Waals surface area contributed by atoms with Gasteiger partial charge in [0.25, 0.3) is 0 Å².